The van der Waals surface area contributed by atoms with Crippen molar-refractivity contribution < 1.29 is 9.53 Å². The number of unbranched alkanes of at least 4 members (excludes halogenated alkanes) is 1. The molecular formula is C8H9Cl5O2. The molecule has 0 rings (SSSR count). The molecule has 2 nitrogen and oxygen atoms in total. The molecule has 15 heavy (non-hydrogen) atoms. The van der Waals surface area contributed by atoms with E-state index in [-0.39, 0.29) is 11.6 Å². The van der Waals surface area contributed by atoms with Gasteiger partial charge in [0.25, 0.3) is 0 Å². The third-order valence-electron chi connectivity index (χ3n) is 1.35. The van der Waals surface area contributed by atoms with Gasteiger partial charge in [-0.2, -0.15) is 0 Å². The van der Waals surface area contributed by atoms with Crippen LogP contribution in [0.4, 0.5) is 0 Å². The fraction of sp³-hybridized carbons (Fsp3) is 0.625. The maximum absolute atomic E-state index is 11.2. The zero-order valence-corrected chi connectivity index (χ0v) is 11.6. The predicted octanol–water partition coefficient (Wildman–Crippen LogP) is 4.39. The zero-order chi connectivity index (χ0) is 12.1. The molecule has 0 aromatic rings. The van der Waals surface area contributed by atoms with Crippen molar-refractivity contribution in [3.05, 3.63) is 10.1 Å². The van der Waals surface area contributed by atoms with Crippen molar-refractivity contribution in [2.45, 2.75) is 23.6 Å². The minimum absolute atomic E-state index is 0.260. The summed E-state index contributed by atoms with van der Waals surface area (Å²) in [6, 6.07) is 0. The van der Waals surface area contributed by atoms with Crippen LogP contribution >= 0.6 is 58.0 Å². The molecule has 0 aromatic heterocycles. The Hall–Kier alpha value is 0.660. The standard InChI is InChI=1S/C8H9Cl5O2/c1-2-3-4-15-7(14)5(9)6(10)8(11,12)13/h2-4H2,1H3/b6-5+. The average Bonchev–Trinajstić information content (AvgIpc) is 2.14. The van der Waals surface area contributed by atoms with Crippen molar-refractivity contribution in [3.63, 3.8) is 0 Å². The van der Waals surface area contributed by atoms with Crippen molar-refractivity contribution in [2.24, 2.45) is 0 Å². The first-order valence-corrected chi connectivity index (χ1v) is 5.99. The molecule has 0 atom stereocenters. The molecule has 0 radical (unpaired) electrons. The lowest BCUT2D eigenvalue weighted by Crippen LogP contribution is -2.12. The van der Waals surface area contributed by atoms with Crippen molar-refractivity contribution >= 4 is 64.0 Å². The average molecular weight is 314 g/mol. The monoisotopic (exact) mass is 312 g/mol. The lowest BCUT2D eigenvalue weighted by molar-refractivity contribution is -0.138. The molecule has 0 aromatic carbocycles. The van der Waals surface area contributed by atoms with Crippen LogP contribution < -0.4 is 0 Å². The van der Waals surface area contributed by atoms with E-state index in [2.05, 4.69) is 0 Å². The number of hydrogen-bond acceptors (Lipinski definition) is 2. The molecule has 0 aliphatic heterocycles. The van der Waals surface area contributed by atoms with E-state index < -0.39 is 14.8 Å². The second-order valence-corrected chi connectivity index (χ2v) is 5.65. The third kappa shape index (κ3) is 6.08. The SMILES string of the molecule is CCCCOC(=O)/C(Cl)=C(\Cl)C(Cl)(Cl)Cl. The van der Waals surface area contributed by atoms with Gasteiger partial charge in [0.1, 0.15) is 5.03 Å². The highest BCUT2D eigenvalue weighted by molar-refractivity contribution is 6.74. The van der Waals surface area contributed by atoms with Gasteiger partial charge in [0, 0.05) is 0 Å². The number of halogens is 5. The first-order chi connectivity index (χ1) is 6.80. The van der Waals surface area contributed by atoms with E-state index in [1.54, 1.807) is 0 Å². The first kappa shape index (κ1) is 15.7. The highest BCUT2D eigenvalue weighted by Gasteiger charge is 2.30. The third-order valence-corrected chi connectivity index (χ3v) is 3.12. The van der Waals surface area contributed by atoms with Crippen molar-refractivity contribution in [1.82, 2.24) is 0 Å². The van der Waals surface area contributed by atoms with Crippen molar-refractivity contribution in [3.8, 4) is 0 Å². The molecule has 0 amide bonds. The normalized spacial score (nSPS) is 13.5. The second kappa shape index (κ2) is 7.08. The minimum Gasteiger partial charge on any atom is -0.461 e. The molecule has 0 fully saturated rings. The Labute approximate surface area is 113 Å². The summed E-state index contributed by atoms with van der Waals surface area (Å²) in [7, 11) is 0. The summed E-state index contributed by atoms with van der Waals surface area (Å²) in [5.41, 5.74) is 0. The van der Waals surface area contributed by atoms with Crippen LogP contribution in [0.2, 0.25) is 0 Å². The number of hydrogen-bond donors (Lipinski definition) is 0. The molecule has 0 saturated heterocycles. The molecule has 0 unspecified atom stereocenters. The first-order valence-electron chi connectivity index (χ1n) is 4.10. The largest absolute Gasteiger partial charge is 0.461 e. The van der Waals surface area contributed by atoms with Crippen LogP contribution in [0.5, 0.6) is 0 Å². The van der Waals surface area contributed by atoms with Gasteiger partial charge >= 0.3 is 5.97 Å². The number of carbonyl (C=O) groups is 1. The van der Waals surface area contributed by atoms with Gasteiger partial charge in [0.2, 0.25) is 3.79 Å². The predicted molar refractivity (Wildman–Crippen MR) is 64.9 cm³/mol. The highest BCUT2D eigenvalue weighted by Crippen LogP contribution is 2.40. The van der Waals surface area contributed by atoms with Crippen molar-refractivity contribution in [2.75, 3.05) is 6.61 Å². The number of rotatable bonds is 4. The number of allylic oxidation sites excluding steroid dienone is 1. The van der Waals surface area contributed by atoms with E-state index in [1.807, 2.05) is 6.92 Å². The van der Waals surface area contributed by atoms with E-state index >= 15 is 0 Å². The summed E-state index contributed by atoms with van der Waals surface area (Å²) in [4.78, 5) is 11.2. The van der Waals surface area contributed by atoms with Crippen LogP contribution in [0, 0.1) is 0 Å². The Kier molecular flexibility index (Phi) is 7.39. The fourth-order valence-corrected chi connectivity index (χ4v) is 1.29. The van der Waals surface area contributed by atoms with Gasteiger partial charge in [-0.15, -0.1) is 0 Å². The molecule has 0 N–H and O–H groups in total. The lowest BCUT2D eigenvalue weighted by atomic mass is 10.4. The summed E-state index contributed by atoms with van der Waals surface area (Å²) in [6.45, 7) is 2.22. The van der Waals surface area contributed by atoms with E-state index in [4.69, 9.17) is 62.7 Å². The number of alkyl halides is 3. The Morgan fingerprint density at radius 2 is 1.80 bits per heavy atom. The summed E-state index contributed by atoms with van der Waals surface area (Å²) in [5.74, 6) is -0.790. The molecule has 0 heterocycles. The number of carbonyl (C=O) groups excluding carboxylic acids is 1. The van der Waals surface area contributed by atoms with Crippen LogP contribution in [0.25, 0.3) is 0 Å². The molecular weight excluding hydrogens is 305 g/mol. The van der Waals surface area contributed by atoms with Gasteiger partial charge in [0.05, 0.1) is 11.6 Å². The second-order valence-electron chi connectivity index (χ2n) is 2.62. The molecule has 88 valence electrons. The molecule has 0 saturated carbocycles. The Morgan fingerprint density at radius 3 is 2.20 bits per heavy atom. The summed E-state index contributed by atoms with van der Waals surface area (Å²) >= 11 is 27.4. The van der Waals surface area contributed by atoms with Crippen LogP contribution in [0.3, 0.4) is 0 Å². The summed E-state index contributed by atoms with van der Waals surface area (Å²) < 4.78 is 2.86. The van der Waals surface area contributed by atoms with E-state index in [9.17, 15) is 4.79 Å². The zero-order valence-electron chi connectivity index (χ0n) is 7.83. The van der Waals surface area contributed by atoms with Crippen molar-refractivity contribution in [1.29, 1.82) is 0 Å². The van der Waals surface area contributed by atoms with E-state index in [0.29, 0.717) is 0 Å². The molecule has 0 spiro atoms. The van der Waals surface area contributed by atoms with Gasteiger partial charge in [0.15, 0.2) is 0 Å². The Balaban J connectivity index is 4.43. The van der Waals surface area contributed by atoms with Crippen LogP contribution in [0.1, 0.15) is 19.8 Å². The van der Waals surface area contributed by atoms with Crippen LogP contribution in [-0.4, -0.2) is 16.4 Å². The number of esters is 1. The minimum atomic E-state index is -1.91. The molecule has 7 heteroatoms. The smallest absolute Gasteiger partial charge is 0.351 e. The van der Waals surface area contributed by atoms with Gasteiger partial charge in [-0.25, -0.2) is 4.79 Å². The maximum atomic E-state index is 11.2. The summed E-state index contributed by atoms with van der Waals surface area (Å²) in [5, 5.41) is -0.775. The maximum Gasteiger partial charge on any atom is 0.351 e. The van der Waals surface area contributed by atoms with Gasteiger partial charge < -0.3 is 4.74 Å². The van der Waals surface area contributed by atoms with Crippen LogP contribution in [0.15, 0.2) is 10.1 Å². The van der Waals surface area contributed by atoms with Gasteiger partial charge in [-0.05, 0) is 6.42 Å². The van der Waals surface area contributed by atoms with E-state index in [1.165, 1.54) is 0 Å². The highest BCUT2D eigenvalue weighted by atomic mass is 35.6. The molecule has 0 aliphatic carbocycles. The lowest BCUT2D eigenvalue weighted by Gasteiger charge is -2.11. The number of ether oxygens (including phenoxy) is 1. The topological polar surface area (TPSA) is 26.3 Å². The quantitative estimate of drug-likeness (QED) is 0.333. The Bertz CT molecular complexity index is 256. The van der Waals surface area contributed by atoms with Crippen LogP contribution in [-0.2, 0) is 9.53 Å². The van der Waals surface area contributed by atoms with E-state index in [0.717, 1.165) is 12.8 Å². The van der Waals surface area contributed by atoms with Gasteiger partial charge in [-0.3, -0.25) is 0 Å². The Morgan fingerprint density at radius 1 is 1.27 bits per heavy atom. The fourth-order valence-electron chi connectivity index (χ4n) is 0.587. The van der Waals surface area contributed by atoms with Gasteiger partial charge in [-0.1, -0.05) is 71.3 Å². The molecule has 0 aliphatic rings. The molecule has 0 bridgehead atoms. The summed E-state index contributed by atoms with van der Waals surface area (Å²) in [6.07, 6.45) is 1.63.